The molecule has 2 nitrogen and oxygen atoms in total. The zero-order chi connectivity index (χ0) is 13.2. The molecule has 0 heterocycles. The highest BCUT2D eigenvalue weighted by Crippen LogP contribution is 2.26. The van der Waals surface area contributed by atoms with E-state index in [2.05, 4.69) is 39.4 Å². The zero-order valence-corrected chi connectivity index (χ0v) is 11.5. The van der Waals surface area contributed by atoms with E-state index in [0.29, 0.717) is 0 Å². The third-order valence-electron chi connectivity index (χ3n) is 3.65. The van der Waals surface area contributed by atoms with Crippen LogP contribution in [0.3, 0.4) is 0 Å². The molecule has 17 heavy (non-hydrogen) atoms. The Hall–Kier alpha value is -1.57. The third-order valence-corrected chi connectivity index (χ3v) is 3.65. The standard InChI is InChI=1S/C15H20O2/c1-9-10(2)12(4)14(13(5)11(9)3)7-8-15(16)17-6/h7-8H,1-6H3. The summed E-state index contributed by atoms with van der Waals surface area (Å²) in [5.41, 5.74) is 7.48. The third kappa shape index (κ3) is 2.57. The fourth-order valence-corrected chi connectivity index (χ4v) is 2.00. The smallest absolute Gasteiger partial charge is 0.330 e. The number of hydrogen-bond donors (Lipinski definition) is 0. The first-order valence-corrected chi connectivity index (χ1v) is 5.73. The minimum atomic E-state index is -0.320. The monoisotopic (exact) mass is 232 g/mol. The number of ether oxygens (including phenoxy) is 1. The van der Waals surface area contributed by atoms with Crippen molar-refractivity contribution in [2.45, 2.75) is 34.6 Å². The van der Waals surface area contributed by atoms with E-state index in [-0.39, 0.29) is 5.97 Å². The molecule has 0 N–H and O–H groups in total. The number of carbonyl (C=O) groups is 1. The second kappa shape index (κ2) is 5.17. The van der Waals surface area contributed by atoms with Crippen LogP contribution in [0, 0.1) is 34.6 Å². The van der Waals surface area contributed by atoms with Gasteiger partial charge in [-0.05, 0) is 74.1 Å². The molecular formula is C15H20O2. The molecule has 0 saturated heterocycles. The molecule has 0 unspecified atom stereocenters. The van der Waals surface area contributed by atoms with Crippen LogP contribution in [0.4, 0.5) is 0 Å². The summed E-state index contributed by atoms with van der Waals surface area (Å²) < 4.78 is 4.61. The van der Waals surface area contributed by atoms with Crippen LogP contribution in [-0.4, -0.2) is 13.1 Å². The Balaban J connectivity index is 3.35. The number of hydrogen-bond acceptors (Lipinski definition) is 2. The molecule has 0 spiro atoms. The first kappa shape index (κ1) is 13.5. The van der Waals surface area contributed by atoms with Crippen molar-refractivity contribution in [1.82, 2.24) is 0 Å². The van der Waals surface area contributed by atoms with Gasteiger partial charge in [0.05, 0.1) is 7.11 Å². The van der Waals surface area contributed by atoms with Crippen LogP contribution in [0.1, 0.15) is 33.4 Å². The first-order chi connectivity index (χ1) is 7.90. The second-order valence-electron chi connectivity index (χ2n) is 4.40. The fraction of sp³-hybridized carbons (Fsp3) is 0.400. The maximum atomic E-state index is 11.1. The van der Waals surface area contributed by atoms with Crippen molar-refractivity contribution in [3.05, 3.63) is 39.5 Å². The van der Waals surface area contributed by atoms with Gasteiger partial charge in [-0.2, -0.15) is 0 Å². The zero-order valence-electron chi connectivity index (χ0n) is 11.5. The predicted molar refractivity (Wildman–Crippen MR) is 71.2 cm³/mol. The summed E-state index contributed by atoms with van der Waals surface area (Å²) in [4.78, 5) is 11.1. The molecule has 0 bridgehead atoms. The Morgan fingerprint density at radius 2 is 1.29 bits per heavy atom. The van der Waals surface area contributed by atoms with Crippen LogP contribution in [0.5, 0.6) is 0 Å². The highest BCUT2D eigenvalue weighted by molar-refractivity contribution is 5.87. The van der Waals surface area contributed by atoms with E-state index in [1.165, 1.54) is 41.0 Å². The van der Waals surface area contributed by atoms with Crippen molar-refractivity contribution in [3.63, 3.8) is 0 Å². The lowest BCUT2D eigenvalue weighted by Crippen LogP contribution is -2.00. The summed E-state index contributed by atoms with van der Waals surface area (Å²) in [6.07, 6.45) is 3.32. The lowest BCUT2D eigenvalue weighted by Gasteiger charge is -2.16. The summed E-state index contributed by atoms with van der Waals surface area (Å²) in [7, 11) is 1.39. The Bertz CT molecular complexity index is 453. The van der Waals surface area contributed by atoms with Crippen LogP contribution in [0.2, 0.25) is 0 Å². The minimum absolute atomic E-state index is 0.320. The molecule has 0 aliphatic rings. The highest BCUT2D eigenvalue weighted by atomic mass is 16.5. The van der Waals surface area contributed by atoms with Gasteiger partial charge in [0.15, 0.2) is 0 Å². The van der Waals surface area contributed by atoms with Crippen LogP contribution in [-0.2, 0) is 9.53 Å². The molecular weight excluding hydrogens is 212 g/mol. The maximum absolute atomic E-state index is 11.1. The van der Waals surface area contributed by atoms with Gasteiger partial charge < -0.3 is 4.74 Å². The van der Waals surface area contributed by atoms with E-state index < -0.39 is 0 Å². The summed E-state index contributed by atoms with van der Waals surface area (Å²) >= 11 is 0. The molecule has 1 rings (SSSR count). The van der Waals surface area contributed by atoms with Crippen molar-refractivity contribution in [1.29, 1.82) is 0 Å². The predicted octanol–water partition coefficient (Wildman–Crippen LogP) is 3.41. The van der Waals surface area contributed by atoms with E-state index in [9.17, 15) is 4.79 Å². The summed E-state index contributed by atoms with van der Waals surface area (Å²) in [5.74, 6) is -0.320. The van der Waals surface area contributed by atoms with Gasteiger partial charge in [0.2, 0.25) is 0 Å². The first-order valence-electron chi connectivity index (χ1n) is 5.73. The van der Waals surface area contributed by atoms with Crippen molar-refractivity contribution in [2.24, 2.45) is 0 Å². The Morgan fingerprint density at radius 3 is 1.71 bits per heavy atom. The molecule has 0 amide bonds. The van der Waals surface area contributed by atoms with Gasteiger partial charge >= 0.3 is 5.97 Å². The number of methoxy groups -OCH3 is 1. The van der Waals surface area contributed by atoms with Crippen molar-refractivity contribution in [2.75, 3.05) is 7.11 Å². The maximum Gasteiger partial charge on any atom is 0.330 e. The van der Waals surface area contributed by atoms with E-state index in [1.807, 2.05) is 6.08 Å². The number of benzene rings is 1. The largest absolute Gasteiger partial charge is 0.466 e. The molecule has 0 atom stereocenters. The van der Waals surface area contributed by atoms with E-state index in [4.69, 9.17) is 0 Å². The molecule has 0 saturated carbocycles. The van der Waals surface area contributed by atoms with E-state index in [1.54, 1.807) is 0 Å². The lowest BCUT2D eigenvalue weighted by molar-refractivity contribution is -0.134. The molecule has 0 radical (unpaired) electrons. The van der Waals surface area contributed by atoms with Crippen LogP contribution in [0.15, 0.2) is 6.08 Å². The topological polar surface area (TPSA) is 26.3 Å². The summed E-state index contributed by atoms with van der Waals surface area (Å²) in [5, 5.41) is 0. The second-order valence-corrected chi connectivity index (χ2v) is 4.40. The number of carbonyl (C=O) groups excluding carboxylic acids is 1. The minimum Gasteiger partial charge on any atom is -0.466 e. The van der Waals surface area contributed by atoms with Crippen LogP contribution >= 0.6 is 0 Å². The van der Waals surface area contributed by atoms with E-state index >= 15 is 0 Å². The highest BCUT2D eigenvalue weighted by Gasteiger charge is 2.10. The van der Waals surface area contributed by atoms with Gasteiger partial charge in [-0.25, -0.2) is 4.79 Å². The van der Waals surface area contributed by atoms with Gasteiger partial charge in [0, 0.05) is 6.08 Å². The Kier molecular flexibility index (Phi) is 4.11. The molecule has 0 aliphatic heterocycles. The van der Waals surface area contributed by atoms with Crippen LogP contribution < -0.4 is 0 Å². The molecule has 1 aromatic rings. The van der Waals surface area contributed by atoms with Crippen molar-refractivity contribution < 1.29 is 9.53 Å². The van der Waals surface area contributed by atoms with E-state index in [0.717, 1.165) is 5.56 Å². The quantitative estimate of drug-likeness (QED) is 0.577. The molecule has 0 aliphatic carbocycles. The van der Waals surface area contributed by atoms with Gasteiger partial charge in [-0.3, -0.25) is 0 Å². The summed E-state index contributed by atoms with van der Waals surface area (Å²) in [6, 6.07) is 0. The van der Waals surface area contributed by atoms with Crippen molar-refractivity contribution >= 4 is 12.0 Å². The van der Waals surface area contributed by atoms with Crippen LogP contribution in [0.25, 0.3) is 6.08 Å². The SMILES string of the molecule is COC(=O)C=Cc1c(C)c(C)c(C)c(C)c1C. The fourth-order valence-electron chi connectivity index (χ4n) is 2.00. The van der Waals surface area contributed by atoms with Gasteiger partial charge in [0.1, 0.15) is 0 Å². The molecule has 0 aromatic heterocycles. The van der Waals surface area contributed by atoms with Gasteiger partial charge in [0.25, 0.3) is 0 Å². The number of rotatable bonds is 2. The normalized spacial score (nSPS) is 10.9. The molecule has 92 valence electrons. The van der Waals surface area contributed by atoms with Crippen molar-refractivity contribution in [3.8, 4) is 0 Å². The summed E-state index contributed by atoms with van der Waals surface area (Å²) in [6.45, 7) is 10.6. The molecule has 2 heteroatoms. The average Bonchev–Trinajstić information content (AvgIpc) is 2.33. The lowest BCUT2D eigenvalue weighted by atomic mass is 9.89. The number of esters is 1. The average molecular weight is 232 g/mol. The van der Waals surface area contributed by atoms with Gasteiger partial charge in [-0.15, -0.1) is 0 Å². The Morgan fingerprint density at radius 1 is 0.882 bits per heavy atom. The Labute approximate surface area is 103 Å². The molecule has 1 aromatic carbocycles. The van der Waals surface area contributed by atoms with Gasteiger partial charge in [-0.1, -0.05) is 0 Å². The molecule has 0 fully saturated rings.